The minimum absolute atomic E-state index is 0.00394. The fourth-order valence-electron chi connectivity index (χ4n) is 1.04. The Morgan fingerprint density at radius 1 is 1.69 bits per heavy atom. The third-order valence-electron chi connectivity index (χ3n) is 1.77. The van der Waals surface area contributed by atoms with Crippen LogP contribution >= 0.6 is 11.3 Å². The molecule has 0 aromatic carbocycles. The van der Waals surface area contributed by atoms with Gasteiger partial charge in [-0.2, -0.15) is 0 Å². The monoisotopic (exact) mass is 261 g/mol. The number of thiophene rings is 1. The number of hydrogen-bond acceptors (Lipinski definition) is 4. The summed E-state index contributed by atoms with van der Waals surface area (Å²) in [6, 6.07) is 1.35. The first-order valence-corrected chi connectivity index (χ1v) is 6.62. The van der Waals surface area contributed by atoms with Gasteiger partial charge in [-0.1, -0.05) is 6.08 Å². The number of aryl methyl sites for hydroxylation is 1. The van der Waals surface area contributed by atoms with Gasteiger partial charge < -0.3 is 5.11 Å². The lowest BCUT2D eigenvalue weighted by Gasteiger charge is -1.99. The molecular weight excluding hydrogens is 250 g/mol. The third kappa shape index (κ3) is 2.69. The summed E-state index contributed by atoms with van der Waals surface area (Å²) >= 11 is 0.741. The molecular formula is C9H11NO4S2. The van der Waals surface area contributed by atoms with Gasteiger partial charge >= 0.3 is 5.97 Å². The quantitative estimate of drug-likeness (QED) is 0.781. The van der Waals surface area contributed by atoms with Gasteiger partial charge in [0.15, 0.2) is 0 Å². The molecule has 5 nitrogen and oxygen atoms in total. The molecule has 0 unspecified atom stereocenters. The summed E-state index contributed by atoms with van der Waals surface area (Å²) in [6.45, 7) is 5.07. The molecule has 0 radical (unpaired) electrons. The first kappa shape index (κ1) is 12.9. The maximum Gasteiger partial charge on any atom is 0.346 e. The maximum absolute atomic E-state index is 11.6. The lowest BCUT2D eigenvalue weighted by molar-refractivity contribution is 0.0701. The molecule has 16 heavy (non-hydrogen) atoms. The normalized spacial score (nSPS) is 11.3. The Hall–Kier alpha value is -1.18. The van der Waals surface area contributed by atoms with E-state index in [9.17, 15) is 13.2 Å². The molecule has 0 aliphatic heterocycles. The van der Waals surface area contributed by atoms with Gasteiger partial charge in [-0.15, -0.1) is 17.9 Å². The van der Waals surface area contributed by atoms with Gasteiger partial charge in [0.1, 0.15) is 9.09 Å². The maximum atomic E-state index is 11.6. The van der Waals surface area contributed by atoms with Crippen molar-refractivity contribution in [1.82, 2.24) is 4.72 Å². The average molecular weight is 261 g/mol. The Balaban J connectivity index is 3.10. The van der Waals surface area contributed by atoms with E-state index < -0.39 is 16.0 Å². The molecule has 1 aromatic rings. The molecule has 0 atom stereocenters. The lowest BCUT2D eigenvalue weighted by atomic mass is 10.3. The standard InChI is InChI=1S/C9H11NO4S2/c1-3-4-10-16(13,14)7-5-6(2)8(15-7)9(11)12/h3,5,10H,1,4H2,2H3,(H,11,12). The lowest BCUT2D eigenvalue weighted by Crippen LogP contribution is -2.22. The highest BCUT2D eigenvalue weighted by molar-refractivity contribution is 7.91. The van der Waals surface area contributed by atoms with Crippen LogP contribution in [-0.2, 0) is 10.0 Å². The van der Waals surface area contributed by atoms with E-state index >= 15 is 0 Å². The largest absolute Gasteiger partial charge is 0.477 e. The van der Waals surface area contributed by atoms with Gasteiger partial charge in [-0.3, -0.25) is 0 Å². The second kappa shape index (κ2) is 4.77. The van der Waals surface area contributed by atoms with Crippen LogP contribution in [0.4, 0.5) is 0 Å². The fraction of sp³-hybridized carbons (Fsp3) is 0.222. The first-order chi connectivity index (χ1) is 7.38. The minimum atomic E-state index is -3.62. The Morgan fingerprint density at radius 3 is 2.75 bits per heavy atom. The Bertz CT molecular complexity index is 516. The number of rotatable bonds is 5. The van der Waals surface area contributed by atoms with E-state index in [1.165, 1.54) is 12.1 Å². The number of carboxylic acid groups (broad SMARTS) is 1. The molecule has 7 heteroatoms. The zero-order valence-corrected chi connectivity index (χ0v) is 10.2. The molecule has 0 saturated heterocycles. The Morgan fingerprint density at radius 2 is 2.31 bits per heavy atom. The van der Waals surface area contributed by atoms with Crippen LogP contribution in [0.15, 0.2) is 22.9 Å². The van der Waals surface area contributed by atoms with Crippen LogP contribution in [-0.4, -0.2) is 26.0 Å². The molecule has 1 heterocycles. The summed E-state index contributed by atoms with van der Waals surface area (Å²) in [6.07, 6.45) is 1.41. The van der Waals surface area contributed by atoms with Crippen LogP contribution < -0.4 is 4.72 Å². The molecule has 0 aliphatic carbocycles. The number of sulfonamides is 1. The number of nitrogens with one attached hydrogen (secondary N) is 1. The fourth-order valence-corrected chi connectivity index (χ4v) is 3.46. The van der Waals surface area contributed by atoms with Crippen molar-refractivity contribution in [3.05, 3.63) is 29.2 Å². The topological polar surface area (TPSA) is 83.5 Å². The van der Waals surface area contributed by atoms with E-state index in [4.69, 9.17) is 5.11 Å². The molecule has 1 aromatic heterocycles. The minimum Gasteiger partial charge on any atom is -0.477 e. The molecule has 0 fully saturated rings. The van der Waals surface area contributed by atoms with E-state index in [1.54, 1.807) is 6.92 Å². The van der Waals surface area contributed by atoms with Crippen LogP contribution in [0.5, 0.6) is 0 Å². The van der Waals surface area contributed by atoms with E-state index in [2.05, 4.69) is 11.3 Å². The van der Waals surface area contributed by atoms with Crippen LogP contribution in [0.2, 0.25) is 0 Å². The highest BCUT2D eigenvalue weighted by Crippen LogP contribution is 2.25. The van der Waals surface area contributed by atoms with Crippen molar-refractivity contribution >= 4 is 27.3 Å². The number of carbonyl (C=O) groups is 1. The number of carboxylic acids is 1. The van der Waals surface area contributed by atoms with Crippen LogP contribution in [0.3, 0.4) is 0 Å². The summed E-state index contributed by atoms with van der Waals surface area (Å²) in [5, 5.41) is 8.80. The van der Waals surface area contributed by atoms with Crippen molar-refractivity contribution in [1.29, 1.82) is 0 Å². The molecule has 1 rings (SSSR count). The summed E-state index contributed by atoms with van der Waals surface area (Å²) in [5.41, 5.74) is 0.441. The van der Waals surface area contributed by atoms with Crippen molar-refractivity contribution in [2.75, 3.05) is 6.54 Å². The SMILES string of the molecule is C=CCNS(=O)(=O)c1cc(C)c(C(=O)O)s1. The zero-order valence-electron chi connectivity index (χ0n) is 8.56. The van der Waals surface area contributed by atoms with Crippen molar-refractivity contribution < 1.29 is 18.3 Å². The predicted molar refractivity (Wildman–Crippen MR) is 61.4 cm³/mol. The molecule has 2 N–H and O–H groups in total. The third-order valence-corrected chi connectivity index (χ3v) is 4.89. The Labute approximate surface area is 97.5 Å². The second-order valence-electron chi connectivity index (χ2n) is 3.02. The number of hydrogen-bond donors (Lipinski definition) is 2. The van der Waals surface area contributed by atoms with Gasteiger partial charge in [0.2, 0.25) is 10.0 Å². The molecule has 88 valence electrons. The Kier molecular flexibility index (Phi) is 3.84. The smallest absolute Gasteiger partial charge is 0.346 e. The van der Waals surface area contributed by atoms with Crippen molar-refractivity contribution in [2.45, 2.75) is 11.1 Å². The molecule has 0 amide bonds. The van der Waals surface area contributed by atoms with Crippen LogP contribution in [0.25, 0.3) is 0 Å². The number of aromatic carboxylic acids is 1. The van der Waals surface area contributed by atoms with E-state index in [1.807, 2.05) is 0 Å². The van der Waals surface area contributed by atoms with Crippen molar-refractivity contribution in [2.24, 2.45) is 0 Å². The highest BCUT2D eigenvalue weighted by atomic mass is 32.2. The second-order valence-corrected chi connectivity index (χ2v) is 6.07. The van der Waals surface area contributed by atoms with Gasteiger partial charge in [-0.25, -0.2) is 17.9 Å². The summed E-state index contributed by atoms with van der Waals surface area (Å²) in [4.78, 5) is 10.8. The van der Waals surface area contributed by atoms with Crippen LogP contribution in [0.1, 0.15) is 15.2 Å². The zero-order chi connectivity index (χ0) is 12.3. The van der Waals surface area contributed by atoms with E-state index in [0.29, 0.717) is 5.56 Å². The summed E-state index contributed by atoms with van der Waals surface area (Å²) in [7, 11) is -3.62. The molecule has 0 saturated carbocycles. The van der Waals surface area contributed by atoms with E-state index in [0.717, 1.165) is 11.3 Å². The van der Waals surface area contributed by atoms with Crippen molar-refractivity contribution in [3.8, 4) is 0 Å². The predicted octanol–water partition coefficient (Wildman–Crippen LogP) is 1.22. The summed E-state index contributed by atoms with van der Waals surface area (Å²) in [5.74, 6) is -1.12. The summed E-state index contributed by atoms with van der Waals surface area (Å²) < 4.78 is 25.6. The molecule has 0 spiro atoms. The van der Waals surface area contributed by atoms with E-state index in [-0.39, 0.29) is 15.6 Å². The van der Waals surface area contributed by atoms with Crippen LogP contribution in [0, 0.1) is 6.92 Å². The van der Waals surface area contributed by atoms with Gasteiger partial charge in [0.25, 0.3) is 0 Å². The van der Waals surface area contributed by atoms with Gasteiger partial charge in [0, 0.05) is 6.54 Å². The highest BCUT2D eigenvalue weighted by Gasteiger charge is 2.20. The first-order valence-electron chi connectivity index (χ1n) is 4.32. The molecule has 0 aliphatic rings. The van der Waals surface area contributed by atoms with Crippen molar-refractivity contribution in [3.63, 3.8) is 0 Å². The molecule has 0 bridgehead atoms. The average Bonchev–Trinajstić information content (AvgIpc) is 2.58. The van der Waals surface area contributed by atoms with Gasteiger partial charge in [0.05, 0.1) is 0 Å². The van der Waals surface area contributed by atoms with Gasteiger partial charge in [-0.05, 0) is 18.6 Å².